The van der Waals surface area contributed by atoms with Crippen molar-refractivity contribution in [2.45, 2.75) is 50.5 Å². The predicted molar refractivity (Wildman–Crippen MR) is 75.7 cm³/mol. The fourth-order valence-corrected chi connectivity index (χ4v) is 3.15. The molecule has 1 aromatic rings. The molecule has 0 aliphatic heterocycles. The highest BCUT2D eigenvalue weighted by molar-refractivity contribution is 5.24. The van der Waals surface area contributed by atoms with Crippen LogP contribution in [0.2, 0.25) is 0 Å². The van der Waals surface area contributed by atoms with Crippen molar-refractivity contribution in [3.63, 3.8) is 0 Å². The first kappa shape index (κ1) is 13.6. The highest BCUT2D eigenvalue weighted by Gasteiger charge is 2.37. The molecule has 1 aliphatic carbocycles. The lowest BCUT2D eigenvalue weighted by atomic mass is 9.69. The predicted octanol–water partition coefficient (Wildman–Crippen LogP) is 3.47. The van der Waals surface area contributed by atoms with E-state index >= 15 is 0 Å². The maximum atomic E-state index is 6.70. The van der Waals surface area contributed by atoms with Crippen molar-refractivity contribution in [2.75, 3.05) is 13.2 Å². The van der Waals surface area contributed by atoms with Gasteiger partial charge in [-0.1, -0.05) is 43.2 Å². The molecule has 0 bridgehead atoms. The Morgan fingerprint density at radius 3 is 2.78 bits per heavy atom. The third kappa shape index (κ3) is 3.12. The number of hydrogen-bond donors (Lipinski definition) is 1. The van der Waals surface area contributed by atoms with Gasteiger partial charge in [-0.25, -0.2) is 0 Å². The lowest BCUT2D eigenvalue weighted by Gasteiger charge is -2.41. The largest absolute Gasteiger partial charge is 0.382 e. The van der Waals surface area contributed by atoms with Gasteiger partial charge in [0.15, 0.2) is 0 Å². The second-order valence-corrected chi connectivity index (χ2v) is 5.39. The summed E-state index contributed by atoms with van der Waals surface area (Å²) in [5.41, 5.74) is 8.02. The van der Waals surface area contributed by atoms with E-state index in [1.807, 2.05) is 6.92 Å². The molecule has 1 aliphatic rings. The Morgan fingerprint density at radius 2 is 2.06 bits per heavy atom. The van der Waals surface area contributed by atoms with Crippen molar-refractivity contribution in [3.8, 4) is 0 Å². The molecule has 2 N–H and O–H groups in total. The van der Waals surface area contributed by atoms with E-state index < -0.39 is 0 Å². The van der Waals surface area contributed by atoms with Gasteiger partial charge in [-0.3, -0.25) is 0 Å². The summed E-state index contributed by atoms with van der Waals surface area (Å²) < 4.78 is 5.51. The minimum absolute atomic E-state index is 0.0746. The van der Waals surface area contributed by atoms with E-state index in [4.69, 9.17) is 10.5 Å². The molecule has 0 amide bonds. The number of rotatable bonds is 5. The van der Waals surface area contributed by atoms with Gasteiger partial charge >= 0.3 is 0 Å². The van der Waals surface area contributed by atoms with E-state index in [9.17, 15) is 0 Å². The molecule has 1 fully saturated rings. The van der Waals surface area contributed by atoms with E-state index in [0.29, 0.717) is 5.92 Å². The van der Waals surface area contributed by atoms with Crippen LogP contribution in [0.3, 0.4) is 0 Å². The van der Waals surface area contributed by atoms with Crippen molar-refractivity contribution in [2.24, 2.45) is 5.73 Å². The fraction of sp³-hybridized carbons (Fsp3) is 0.625. The third-order valence-corrected chi connectivity index (χ3v) is 4.20. The summed E-state index contributed by atoms with van der Waals surface area (Å²) in [7, 11) is 0. The summed E-state index contributed by atoms with van der Waals surface area (Å²) in [6.07, 6.45) is 5.87. The Bertz CT molecular complexity index is 351. The smallest absolute Gasteiger partial charge is 0.0483 e. The van der Waals surface area contributed by atoms with E-state index in [0.717, 1.165) is 26.1 Å². The summed E-state index contributed by atoms with van der Waals surface area (Å²) >= 11 is 0. The summed E-state index contributed by atoms with van der Waals surface area (Å²) in [5, 5.41) is 0. The molecule has 2 atom stereocenters. The Morgan fingerprint density at radius 1 is 1.28 bits per heavy atom. The molecule has 0 saturated heterocycles. The molecule has 2 heteroatoms. The van der Waals surface area contributed by atoms with Gasteiger partial charge in [-0.15, -0.1) is 0 Å². The van der Waals surface area contributed by atoms with Crippen LogP contribution in [0.15, 0.2) is 30.3 Å². The Labute approximate surface area is 111 Å². The first-order valence-corrected chi connectivity index (χ1v) is 7.18. The van der Waals surface area contributed by atoms with Gasteiger partial charge in [-0.05, 0) is 31.7 Å². The second kappa shape index (κ2) is 6.35. The van der Waals surface area contributed by atoms with E-state index in [1.165, 1.54) is 24.8 Å². The van der Waals surface area contributed by atoms with Crippen molar-refractivity contribution in [1.82, 2.24) is 0 Å². The first-order chi connectivity index (χ1) is 8.76. The minimum Gasteiger partial charge on any atom is -0.382 e. The Kier molecular flexibility index (Phi) is 4.79. The Hall–Kier alpha value is -0.860. The van der Waals surface area contributed by atoms with Gasteiger partial charge < -0.3 is 10.5 Å². The van der Waals surface area contributed by atoms with Crippen LogP contribution in [0.25, 0.3) is 0 Å². The molecule has 100 valence electrons. The van der Waals surface area contributed by atoms with Crippen LogP contribution in [0.5, 0.6) is 0 Å². The minimum atomic E-state index is -0.0746. The molecular formula is C16H25NO. The van der Waals surface area contributed by atoms with Crippen LogP contribution < -0.4 is 5.73 Å². The van der Waals surface area contributed by atoms with Gasteiger partial charge in [0, 0.05) is 24.7 Å². The zero-order valence-electron chi connectivity index (χ0n) is 11.4. The van der Waals surface area contributed by atoms with E-state index in [-0.39, 0.29) is 5.54 Å². The van der Waals surface area contributed by atoms with E-state index in [2.05, 4.69) is 30.3 Å². The van der Waals surface area contributed by atoms with Crippen molar-refractivity contribution in [3.05, 3.63) is 35.9 Å². The number of nitrogens with two attached hydrogens (primary N) is 1. The normalized spacial score (nSPS) is 28.2. The standard InChI is InChI=1S/C16H25NO/c1-2-18-13-12-16(17)11-7-6-10-15(16)14-8-4-3-5-9-14/h3-5,8-9,15H,2,6-7,10-13,17H2,1H3. The van der Waals surface area contributed by atoms with Gasteiger partial charge in [0.1, 0.15) is 0 Å². The maximum Gasteiger partial charge on any atom is 0.0483 e. The SMILES string of the molecule is CCOCCC1(N)CCCCC1c1ccccc1. The van der Waals surface area contributed by atoms with Crippen molar-refractivity contribution in [1.29, 1.82) is 0 Å². The van der Waals surface area contributed by atoms with Gasteiger partial charge in [-0.2, -0.15) is 0 Å². The van der Waals surface area contributed by atoms with Gasteiger partial charge in [0.25, 0.3) is 0 Å². The van der Waals surface area contributed by atoms with Crippen molar-refractivity contribution < 1.29 is 4.74 Å². The average Bonchev–Trinajstić information content (AvgIpc) is 2.40. The number of hydrogen-bond acceptors (Lipinski definition) is 2. The quantitative estimate of drug-likeness (QED) is 0.809. The first-order valence-electron chi connectivity index (χ1n) is 7.18. The van der Waals surface area contributed by atoms with Crippen LogP contribution in [0.4, 0.5) is 0 Å². The van der Waals surface area contributed by atoms with Crippen LogP contribution in [-0.2, 0) is 4.74 Å². The lowest BCUT2D eigenvalue weighted by molar-refractivity contribution is 0.107. The lowest BCUT2D eigenvalue weighted by Crippen LogP contribution is -2.48. The zero-order valence-corrected chi connectivity index (χ0v) is 11.4. The zero-order chi connectivity index (χ0) is 12.8. The molecule has 0 aromatic heterocycles. The summed E-state index contributed by atoms with van der Waals surface area (Å²) in [6, 6.07) is 10.8. The van der Waals surface area contributed by atoms with Crippen molar-refractivity contribution >= 4 is 0 Å². The highest BCUT2D eigenvalue weighted by Crippen LogP contribution is 2.41. The molecule has 18 heavy (non-hydrogen) atoms. The molecule has 0 radical (unpaired) electrons. The molecule has 1 saturated carbocycles. The fourth-order valence-electron chi connectivity index (χ4n) is 3.15. The summed E-state index contributed by atoms with van der Waals surface area (Å²) in [4.78, 5) is 0. The van der Waals surface area contributed by atoms with Crippen LogP contribution in [0, 0.1) is 0 Å². The summed E-state index contributed by atoms with van der Waals surface area (Å²) in [5.74, 6) is 0.493. The average molecular weight is 247 g/mol. The van der Waals surface area contributed by atoms with E-state index in [1.54, 1.807) is 0 Å². The molecule has 2 unspecified atom stereocenters. The summed E-state index contributed by atoms with van der Waals surface area (Å²) in [6.45, 7) is 3.61. The van der Waals surface area contributed by atoms with Gasteiger partial charge in [0.2, 0.25) is 0 Å². The van der Waals surface area contributed by atoms with Crippen LogP contribution >= 0.6 is 0 Å². The molecular weight excluding hydrogens is 222 g/mol. The maximum absolute atomic E-state index is 6.70. The molecule has 0 spiro atoms. The van der Waals surface area contributed by atoms with Gasteiger partial charge in [0.05, 0.1) is 0 Å². The van der Waals surface area contributed by atoms with Crippen LogP contribution in [-0.4, -0.2) is 18.8 Å². The van der Waals surface area contributed by atoms with Crippen LogP contribution in [0.1, 0.15) is 50.5 Å². The number of benzene rings is 1. The number of ether oxygens (including phenoxy) is 1. The highest BCUT2D eigenvalue weighted by atomic mass is 16.5. The molecule has 2 rings (SSSR count). The third-order valence-electron chi connectivity index (χ3n) is 4.20. The Balaban J connectivity index is 2.10. The molecule has 1 aromatic carbocycles. The molecule has 2 nitrogen and oxygen atoms in total. The second-order valence-electron chi connectivity index (χ2n) is 5.39. The topological polar surface area (TPSA) is 35.2 Å². The monoisotopic (exact) mass is 247 g/mol. The molecule has 0 heterocycles.